The van der Waals surface area contributed by atoms with Crippen LogP contribution in [0.15, 0.2) is 16.8 Å². The van der Waals surface area contributed by atoms with Crippen LogP contribution in [0.2, 0.25) is 0 Å². The maximum Gasteiger partial charge on any atom is 0.338 e. The molecule has 4 rings (SSSR count). The molecule has 0 spiro atoms. The quantitative estimate of drug-likeness (QED) is 0.507. The van der Waals surface area contributed by atoms with Crippen LogP contribution in [0.5, 0.6) is 0 Å². The third kappa shape index (κ3) is 3.23. The molecular formula is C17H18N5O4S+. The Labute approximate surface area is 158 Å². The van der Waals surface area contributed by atoms with Crippen molar-refractivity contribution in [3.63, 3.8) is 0 Å². The van der Waals surface area contributed by atoms with Crippen molar-refractivity contribution in [3.8, 4) is 0 Å². The number of hydrogen-bond donors (Lipinski definition) is 2. The van der Waals surface area contributed by atoms with Crippen LogP contribution < -0.4 is 15.7 Å². The SMILES string of the molecule is CCOC(=O)c1cc(C)nc2sc(C(=O)Nc3c[n+](C4CC4)no3)c(N)c12. The Balaban J connectivity index is 1.68. The molecule has 0 radical (unpaired) electrons. The fraction of sp³-hybridized carbons (Fsp3) is 0.353. The van der Waals surface area contributed by atoms with E-state index in [2.05, 4.69) is 15.6 Å². The van der Waals surface area contributed by atoms with Gasteiger partial charge in [-0.2, -0.15) is 0 Å². The van der Waals surface area contributed by atoms with Gasteiger partial charge in [-0.25, -0.2) is 9.78 Å². The summed E-state index contributed by atoms with van der Waals surface area (Å²) >= 11 is 1.12. The molecule has 0 saturated heterocycles. The summed E-state index contributed by atoms with van der Waals surface area (Å²) in [5, 5.41) is 6.96. The van der Waals surface area contributed by atoms with Gasteiger partial charge in [0.25, 0.3) is 12.1 Å². The maximum absolute atomic E-state index is 12.7. The molecule has 0 aliphatic heterocycles. The molecule has 1 fully saturated rings. The van der Waals surface area contributed by atoms with Crippen LogP contribution in [0, 0.1) is 6.92 Å². The molecule has 3 aromatic rings. The molecule has 0 atom stereocenters. The number of fused-ring (bicyclic) bond motifs is 1. The molecule has 0 aromatic carbocycles. The van der Waals surface area contributed by atoms with E-state index in [1.807, 2.05) is 0 Å². The number of ether oxygens (including phenoxy) is 1. The predicted molar refractivity (Wildman–Crippen MR) is 97.6 cm³/mol. The first-order chi connectivity index (χ1) is 13.0. The maximum atomic E-state index is 12.7. The normalized spacial score (nSPS) is 13.7. The Hall–Kier alpha value is -3.01. The Bertz CT molecular complexity index is 1050. The van der Waals surface area contributed by atoms with Crippen molar-refractivity contribution in [1.82, 2.24) is 10.3 Å². The van der Waals surface area contributed by atoms with E-state index in [9.17, 15) is 9.59 Å². The number of carbonyl (C=O) groups excluding carboxylic acids is 2. The van der Waals surface area contributed by atoms with E-state index in [0.717, 1.165) is 24.2 Å². The molecule has 140 valence electrons. The number of aromatic nitrogens is 3. The highest BCUT2D eigenvalue weighted by molar-refractivity contribution is 7.21. The second kappa shape index (κ2) is 6.62. The van der Waals surface area contributed by atoms with E-state index >= 15 is 0 Å². The van der Waals surface area contributed by atoms with E-state index in [-0.39, 0.29) is 23.1 Å². The van der Waals surface area contributed by atoms with Crippen LogP contribution in [0.1, 0.15) is 51.5 Å². The van der Waals surface area contributed by atoms with Crippen molar-refractivity contribution in [1.29, 1.82) is 0 Å². The Kier molecular flexibility index (Phi) is 4.27. The third-order valence-corrected chi connectivity index (χ3v) is 5.27. The lowest BCUT2D eigenvalue weighted by Gasteiger charge is -2.05. The molecule has 9 nitrogen and oxygen atoms in total. The van der Waals surface area contributed by atoms with Gasteiger partial charge in [0.2, 0.25) is 5.27 Å². The molecule has 0 bridgehead atoms. The fourth-order valence-corrected chi connectivity index (χ4v) is 3.84. The number of thiophene rings is 1. The molecular weight excluding hydrogens is 370 g/mol. The summed E-state index contributed by atoms with van der Waals surface area (Å²) in [6.07, 6.45) is 3.75. The first kappa shape index (κ1) is 17.4. The standard InChI is InChI=1S/C17H17N5O4S/c1-3-25-17(24)10-6-8(2)19-16-12(10)13(18)14(27-16)15(23)20-11-7-22(21-26-11)9-4-5-9/h6-7,9H,3-5H2,1-2H3,(H2-,18,20,21,23)/p+1. The number of anilines is 2. The summed E-state index contributed by atoms with van der Waals surface area (Å²) in [7, 11) is 0. The number of nitrogens with two attached hydrogens (primary N) is 1. The lowest BCUT2D eigenvalue weighted by Crippen LogP contribution is -2.32. The van der Waals surface area contributed by atoms with E-state index < -0.39 is 11.9 Å². The molecule has 10 heteroatoms. The molecule has 0 unspecified atom stereocenters. The Morgan fingerprint density at radius 1 is 1.48 bits per heavy atom. The lowest BCUT2D eigenvalue weighted by molar-refractivity contribution is -0.765. The monoisotopic (exact) mass is 388 g/mol. The summed E-state index contributed by atoms with van der Waals surface area (Å²) < 4.78 is 11.9. The topological polar surface area (TPSA) is 124 Å². The highest BCUT2D eigenvalue weighted by Crippen LogP contribution is 2.36. The highest BCUT2D eigenvalue weighted by atomic mass is 32.1. The van der Waals surface area contributed by atoms with Gasteiger partial charge in [-0.1, -0.05) is 0 Å². The van der Waals surface area contributed by atoms with Gasteiger partial charge in [0.15, 0.2) is 6.04 Å². The number of nitrogen functional groups attached to an aromatic ring is 1. The van der Waals surface area contributed by atoms with Crippen molar-refractivity contribution in [2.75, 3.05) is 17.7 Å². The van der Waals surface area contributed by atoms with Crippen LogP contribution >= 0.6 is 11.3 Å². The van der Waals surface area contributed by atoms with Gasteiger partial charge in [-0.15, -0.1) is 11.3 Å². The van der Waals surface area contributed by atoms with Crippen molar-refractivity contribution < 1.29 is 23.5 Å². The molecule has 1 aliphatic rings. The minimum atomic E-state index is -0.495. The fourth-order valence-electron chi connectivity index (χ4n) is 2.78. The minimum absolute atomic E-state index is 0.192. The van der Waals surface area contributed by atoms with Crippen LogP contribution in [0.25, 0.3) is 10.2 Å². The molecule has 1 aliphatic carbocycles. The number of amides is 1. The van der Waals surface area contributed by atoms with Crippen LogP contribution in [0.4, 0.5) is 11.6 Å². The van der Waals surface area contributed by atoms with Gasteiger partial charge in [-0.05, 0) is 24.6 Å². The van der Waals surface area contributed by atoms with Crippen molar-refractivity contribution >= 4 is 45.0 Å². The van der Waals surface area contributed by atoms with Crippen LogP contribution in [0.3, 0.4) is 0 Å². The first-order valence-electron chi connectivity index (χ1n) is 8.54. The van der Waals surface area contributed by atoms with Gasteiger partial charge in [0, 0.05) is 23.9 Å². The predicted octanol–water partition coefficient (Wildman–Crippen LogP) is 2.23. The number of carbonyl (C=O) groups is 2. The van der Waals surface area contributed by atoms with Crippen LogP contribution in [-0.4, -0.2) is 28.7 Å². The Morgan fingerprint density at radius 2 is 2.26 bits per heavy atom. The number of pyridine rings is 1. The summed E-state index contributed by atoms with van der Waals surface area (Å²) in [6.45, 7) is 3.73. The number of rotatable bonds is 5. The second-order valence-electron chi connectivity index (χ2n) is 6.29. The zero-order valence-electron chi connectivity index (χ0n) is 14.8. The molecule has 1 amide bonds. The van der Waals surface area contributed by atoms with Gasteiger partial charge >= 0.3 is 11.9 Å². The number of aryl methyl sites for hydroxylation is 1. The largest absolute Gasteiger partial charge is 0.462 e. The van der Waals surface area contributed by atoms with Crippen molar-refractivity contribution in [3.05, 3.63) is 28.4 Å². The Morgan fingerprint density at radius 3 is 2.96 bits per heavy atom. The smallest absolute Gasteiger partial charge is 0.338 e. The van der Waals surface area contributed by atoms with E-state index in [1.165, 1.54) is 0 Å². The highest BCUT2D eigenvalue weighted by Gasteiger charge is 2.36. The second-order valence-corrected chi connectivity index (χ2v) is 7.29. The number of nitrogens with one attached hydrogen (secondary N) is 1. The summed E-state index contributed by atoms with van der Waals surface area (Å²) in [6, 6.07) is 1.95. The van der Waals surface area contributed by atoms with Gasteiger partial charge < -0.3 is 10.5 Å². The summed E-state index contributed by atoms with van der Waals surface area (Å²) in [4.78, 5) is 30.1. The van der Waals surface area contributed by atoms with Crippen LogP contribution in [-0.2, 0) is 4.74 Å². The molecule has 3 heterocycles. The molecule has 1 saturated carbocycles. The van der Waals surface area contributed by atoms with E-state index in [4.69, 9.17) is 15.0 Å². The first-order valence-corrected chi connectivity index (χ1v) is 9.35. The zero-order valence-corrected chi connectivity index (χ0v) is 15.6. The number of esters is 1. The minimum Gasteiger partial charge on any atom is -0.462 e. The molecule has 3 N–H and O–H groups in total. The van der Waals surface area contributed by atoms with Gasteiger partial charge in [-0.3, -0.25) is 14.6 Å². The third-order valence-electron chi connectivity index (χ3n) is 4.17. The lowest BCUT2D eigenvalue weighted by atomic mass is 10.1. The summed E-state index contributed by atoms with van der Waals surface area (Å²) in [5.41, 5.74) is 7.33. The zero-order chi connectivity index (χ0) is 19.1. The molecule has 27 heavy (non-hydrogen) atoms. The average molecular weight is 388 g/mol. The average Bonchev–Trinajstić information content (AvgIpc) is 3.29. The number of nitrogens with zero attached hydrogens (tertiary/aromatic N) is 3. The van der Waals surface area contributed by atoms with Gasteiger partial charge in [0.05, 0.1) is 17.9 Å². The number of hydrogen-bond acceptors (Lipinski definition) is 8. The van der Waals surface area contributed by atoms with Crippen molar-refractivity contribution in [2.45, 2.75) is 32.7 Å². The van der Waals surface area contributed by atoms with E-state index in [1.54, 1.807) is 30.8 Å². The van der Waals surface area contributed by atoms with E-state index in [0.29, 0.717) is 27.5 Å². The molecule has 3 aromatic heterocycles. The summed E-state index contributed by atoms with van der Waals surface area (Å²) in [5.74, 6) is -0.703. The van der Waals surface area contributed by atoms with Crippen molar-refractivity contribution in [2.24, 2.45) is 0 Å². The van der Waals surface area contributed by atoms with Gasteiger partial charge in [0.1, 0.15) is 9.71 Å².